The van der Waals surface area contributed by atoms with Crippen LogP contribution in [0.5, 0.6) is 0 Å². The monoisotopic (exact) mass is 352 g/mol. The van der Waals surface area contributed by atoms with Gasteiger partial charge in [0, 0.05) is 38.1 Å². The molecule has 3 rings (SSSR count). The second-order valence-electron chi connectivity index (χ2n) is 7.84. The van der Waals surface area contributed by atoms with Crippen molar-refractivity contribution in [1.82, 2.24) is 20.1 Å². The van der Waals surface area contributed by atoms with E-state index in [0.717, 1.165) is 13.1 Å². The zero-order valence-electron chi connectivity index (χ0n) is 15.3. The summed E-state index contributed by atoms with van der Waals surface area (Å²) in [7, 11) is 0. The van der Waals surface area contributed by atoms with Gasteiger partial charge in [0.25, 0.3) is 0 Å². The van der Waals surface area contributed by atoms with Crippen LogP contribution in [0.15, 0.2) is 4.63 Å². The molecule has 1 aromatic rings. The number of nitrogens with zero attached hydrogens (tertiary/aromatic N) is 4. The van der Waals surface area contributed by atoms with Gasteiger partial charge in [0.05, 0.1) is 25.2 Å². The number of amides is 1. The minimum absolute atomic E-state index is 0.000275. The molecule has 0 bridgehead atoms. The first-order chi connectivity index (χ1) is 11.8. The second kappa shape index (κ2) is 7.01. The predicted molar refractivity (Wildman–Crippen MR) is 89.9 cm³/mol. The number of aliphatic hydroxyl groups is 1. The number of aromatic nitrogens is 2. The topological polar surface area (TPSA) is 91.9 Å². The van der Waals surface area contributed by atoms with Crippen LogP contribution in [-0.4, -0.2) is 82.7 Å². The van der Waals surface area contributed by atoms with E-state index in [0.29, 0.717) is 50.7 Å². The van der Waals surface area contributed by atoms with E-state index >= 15 is 0 Å². The lowest BCUT2D eigenvalue weighted by Crippen LogP contribution is -2.63. The van der Waals surface area contributed by atoms with Gasteiger partial charge >= 0.3 is 0 Å². The van der Waals surface area contributed by atoms with Crippen LogP contribution in [0, 0.1) is 12.3 Å². The molecular formula is C17H28N4O4. The Balaban J connectivity index is 1.63. The molecule has 8 heteroatoms. The Kier molecular flexibility index (Phi) is 5.13. The van der Waals surface area contributed by atoms with Gasteiger partial charge in [-0.1, -0.05) is 24.2 Å². The Bertz CT molecular complexity index is 612. The van der Waals surface area contributed by atoms with Crippen molar-refractivity contribution in [3.05, 3.63) is 11.4 Å². The maximum absolute atomic E-state index is 12.6. The number of ether oxygens (including phenoxy) is 1. The summed E-state index contributed by atoms with van der Waals surface area (Å²) in [5.74, 6) is 0.000275. The van der Waals surface area contributed by atoms with E-state index in [2.05, 4.69) is 19.8 Å². The SMILES string of the molecule is Cc1nonc1CC(=O)N1CCC(O)(CN2CCOCC2)C(C)(C)C1. The van der Waals surface area contributed by atoms with E-state index in [-0.39, 0.29) is 12.3 Å². The van der Waals surface area contributed by atoms with Gasteiger partial charge in [-0.25, -0.2) is 4.63 Å². The Morgan fingerprint density at radius 2 is 1.96 bits per heavy atom. The molecule has 2 aliphatic heterocycles. The zero-order valence-corrected chi connectivity index (χ0v) is 15.3. The Morgan fingerprint density at radius 3 is 2.56 bits per heavy atom. The van der Waals surface area contributed by atoms with Gasteiger partial charge < -0.3 is 14.7 Å². The molecule has 1 amide bonds. The molecule has 2 aliphatic rings. The van der Waals surface area contributed by atoms with Crippen LogP contribution < -0.4 is 0 Å². The highest BCUT2D eigenvalue weighted by Gasteiger charge is 2.49. The van der Waals surface area contributed by atoms with E-state index in [9.17, 15) is 9.90 Å². The minimum Gasteiger partial charge on any atom is -0.388 e. The van der Waals surface area contributed by atoms with E-state index in [1.54, 1.807) is 6.92 Å². The average molecular weight is 352 g/mol. The molecule has 2 saturated heterocycles. The van der Waals surface area contributed by atoms with Gasteiger partial charge in [-0.2, -0.15) is 0 Å². The number of aryl methyl sites for hydroxylation is 1. The molecule has 1 unspecified atom stereocenters. The van der Waals surface area contributed by atoms with Crippen molar-refractivity contribution >= 4 is 5.91 Å². The minimum atomic E-state index is -0.813. The third-order valence-corrected chi connectivity index (χ3v) is 5.65. The standard InChI is InChI=1S/C17H28N4O4/c1-13-14(19-25-18-13)10-15(22)21-5-4-17(23,16(2,3)11-21)12-20-6-8-24-9-7-20/h23H,4-12H2,1-3H3. The summed E-state index contributed by atoms with van der Waals surface area (Å²) < 4.78 is 10.1. The fraction of sp³-hybridized carbons (Fsp3) is 0.824. The number of hydrogen-bond donors (Lipinski definition) is 1. The zero-order chi connectivity index (χ0) is 18.1. The van der Waals surface area contributed by atoms with Crippen molar-refractivity contribution in [3.8, 4) is 0 Å². The molecule has 0 aliphatic carbocycles. The van der Waals surface area contributed by atoms with Crippen LogP contribution in [0.3, 0.4) is 0 Å². The Labute approximate surface area is 148 Å². The lowest BCUT2D eigenvalue weighted by Gasteiger charge is -2.52. The fourth-order valence-electron chi connectivity index (χ4n) is 3.66. The number of carbonyl (C=O) groups is 1. The molecule has 0 spiro atoms. The van der Waals surface area contributed by atoms with Gasteiger partial charge in [-0.05, 0) is 13.3 Å². The number of rotatable bonds is 4. The number of β-amino-alcohol motifs (C(OH)–C–C–N with tert-alkyl or cyclic N) is 1. The smallest absolute Gasteiger partial charge is 0.228 e. The first-order valence-electron chi connectivity index (χ1n) is 8.89. The highest BCUT2D eigenvalue weighted by atomic mass is 16.6. The Morgan fingerprint density at radius 1 is 1.24 bits per heavy atom. The quantitative estimate of drug-likeness (QED) is 0.830. The van der Waals surface area contributed by atoms with E-state index in [1.807, 2.05) is 18.7 Å². The molecule has 0 aromatic carbocycles. The van der Waals surface area contributed by atoms with Gasteiger partial charge in [0.15, 0.2) is 0 Å². The molecule has 1 atom stereocenters. The number of carbonyl (C=O) groups excluding carboxylic acids is 1. The highest BCUT2D eigenvalue weighted by Crippen LogP contribution is 2.39. The van der Waals surface area contributed by atoms with Crippen molar-refractivity contribution in [3.63, 3.8) is 0 Å². The van der Waals surface area contributed by atoms with Crippen molar-refractivity contribution < 1.29 is 19.3 Å². The van der Waals surface area contributed by atoms with Crippen LogP contribution in [0.1, 0.15) is 31.7 Å². The number of likely N-dealkylation sites (tertiary alicyclic amines) is 1. The summed E-state index contributed by atoms with van der Waals surface area (Å²) in [6.07, 6.45) is 0.756. The van der Waals surface area contributed by atoms with Gasteiger partial charge in [-0.15, -0.1) is 0 Å². The largest absolute Gasteiger partial charge is 0.388 e. The summed E-state index contributed by atoms with van der Waals surface area (Å²) in [5, 5.41) is 18.8. The molecular weight excluding hydrogens is 324 g/mol. The summed E-state index contributed by atoms with van der Waals surface area (Å²) in [5.41, 5.74) is 0.0217. The summed E-state index contributed by atoms with van der Waals surface area (Å²) in [6.45, 7) is 10.7. The molecule has 8 nitrogen and oxygen atoms in total. The lowest BCUT2D eigenvalue weighted by atomic mass is 9.69. The van der Waals surface area contributed by atoms with E-state index < -0.39 is 11.0 Å². The summed E-state index contributed by atoms with van der Waals surface area (Å²) in [4.78, 5) is 16.7. The van der Waals surface area contributed by atoms with Gasteiger partial charge in [0.1, 0.15) is 11.4 Å². The van der Waals surface area contributed by atoms with Gasteiger partial charge in [-0.3, -0.25) is 9.69 Å². The predicted octanol–water partition coefficient (Wildman–Crippen LogP) is 0.242. The molecule has 0 radical (unpaired) electrons. The molecule has 140 valence electrons. The maximum atomic E-state index is 12.6. The fourth-order valence-corrected chi connectivity index (χ4v) is 3.66. The third-order valence-electron chi connectivity index (χ3n) is 5.65. The number of hydrogen-bond acceptors (Lipinski definition) is 7. The van der Waals surface area contributed by atoms with Crippen LogP contribution in [-0.2, 0) is 16.0 Å². The summed E-state index contributed by atoms with van der Waals surface area (Å²) in [6, 6.07) is 0. The molecule has 0 saturated carbocycles. The molecule has 1 N–H and O–H groups in total. The lowest BCUT2D eigenvalue weighted by molar-refractivity contribution is -0.157. The Hall–Kier alpha value is -1.51. The van der Waals surface area contributed by atoms with Gasteiger partial charge in [0.2, 0.25) is 5.91 Å². The van der Waals surface area contributed by atoms with Crippen molar-refractivity contribution in [1.29, 1.82) is 0 Å². The second-order valence-corrected chi connectivity index (χ2v) is 7.84. The van der Waals surface area contributed by atoms with Crippen molar-refractivity contribution in [2.45, 2.75) is 39.2 Å². The molecule has 1 aromatic heterocycles. The molecule has 25 heavy (non-hydrogen) atoms. The van der Waals surface area contributed by atoms with Crippen LogP contribution in [0.2, 0.25) is 0 Å². The number of morpholine rings is 1. The molecule has 2 fully saturated rings. The third kappa shape index (κ3) is 3.86. The van der Waals surface area contributed by atoms with Crippen LogP contribution in [0.4, 0.5) is 0 Å². The first-order valence-corrected chi connectivity index (χ1v) is 8.89. The summed E-state index contributed by atoms with van der Waals surface area (Å²) >= 11 is 0. The van der Waals surface area contributed by atoms with Crippen molar-refractivity contribution in [2.24, 2.45) is 5.41 Å². The van der Waals surface area contributed by atoms with Crippen molar-refractivity contribution in [2.75, 3.05) is 45.9 Å². The number of piperidine rings is 1. The molecule has 3 heterocycles. The first kappa shape index (κ1) is 18.3. The van der Waals surface area contributed by atoms with E-state index in [4.69, 9.17) is 4.74 Å². The maximum Gasteiger partial charge on any atom is 0.228 e. The normalized spacial score (nSPS) is 27.4. The van der Waals surface area contributed by atoms with E-state index in [1.165, 1.54) is 0 Å². The highest BCUT2D eigenvalue weighted by molar-refractivity contribution is 5.78. The van der Waals surface area contributed by atoms with Crippen LogP contribution >= 0.6 is 0 Å². The average Bonchev–Trinajstić information content (AvgIpc) is 2.96. The van der Waals surface area contributed by atoms with Crippen LogP contribution in [0.25, 0.3) is 0 Å².